The third kappa shape index (κ3) is 2.54. The van der Waals surface area contributed by atoms with Crippen molar-refractivity contribution < 1.29 is 0 Å². The molecule has 0 aliphatic heterocycles. The van der Waals surface area contributed by atoms with Crippen molar-refractivity contribution in [1.82, 2.24) is 28.9 Å². The van der Waals surface area contributed by atoms with E-state index in [4.69, 9.17) is 11.6 Å². The zero-order valence-electron chi connectivity index (χ0n) is 12.2. The van der Waals surface area contributed by atoms with Crippen molar-refractivity contribution in [3.63, 3.8) is 0 Å². The molecule has 0 aliphatic rings. The summed E-state index contributed by atoms with van der Waals surface area (Å²) < 4.78 is 3.40. The van der Waals surface area contributed by atoms with E-state index in [9.17, 15) is 4.79 Å². The van der Waals surface area contributed by atoms with E-state index in [1.165, 1.54) is 10.6 Å². The highest BCUT2D eigenvalue weighted by Crippen LogP contribution is 2.22. The van der Waals surface area contributed by atoms with Crippen LogP contribution in [0.4, 0.5) is 0 Å². The average molecular weight is 349 g/mol. The normalized spacial score (nSPS) is 12.0. The van der Waals surface area contributed by atoms with Crippen LogP contribution >= 0.6 is 22.9 Å². The molecule has 4 heterocycles. The number of imidazole rings is 1. The molecular formula is C14H13ClN6OS. The Morgan fingerprint density at radius 2 is 2.26 bits per heavy atom. The van der Waals surface area contributed by atoms with Gasteiger partial charge in [-0.15, -0.1) is 11.3 Å². The first-order valence-corrected chi connectivity index (χ1v) is 8.22. The lowest BCUT2D eigenvalue weighted by molar-refractivity contribution is 0.310. The molecule has 0 amide bonds. The number of hydrogen-bond donors (Lipinski definition) is 1. The first kappa shape index (κ1) is 14.4. The van der Waals surface area contributed by atoms with Gasteiger partial charge in [-0.1, -0.05) is 11.6 Å². The number of aromatic amines is 1. The van der Waals surface area contributed by atoms with Gasteiger partial charge in [0.15, 0.2) is 15.8 Å². The van der Waals surface area contributed by atoms with Gasteiger partial charge in [0, 0.05) is 43.0 Å². The number of rotatable bonds is 4. The van der Waals surface area contributed by atoms with Crippen molar-refractivity contribution in [2.75, 3.05) is 7.05 Å². The van der Waals surface area contributed by atoms with Gasteiger partial charge in [0.25, 0.3) is 5.56 Å². The summed E-state index contributed by atoms with van der Waals surface area (Å²) in [4.78, 5) is 23.7. The van der Waals surface area contributed by atoms with E-state index in [1.54, 1.807) is 23.6 Å². The van der Waals surface area contributed by atoms with Crippen LogP contribution < -0.4 is 5.56 Å². The minimum atomic E-state index is -0.119. The molecule has 0 radical (unpaired) electrons. The Hall–Kier alpha value is -2.16. The summed E-state index contributed by atoms with van der Waals surface area (Å²) in [6, 6.07) is 3.31. The summed E-state index contributed by atoms with van der Waals surface area (Å²) in [5.41, 5.74) is 2.15. The van der Waals surface area contributed by atoms with E-state index in [-0.39, 0.29) is 5.56 Å². The number of thiazole rings is 1. The Balaban J connectivity index is 1.59. The van der Waals surface area contributed by atoms with E-state index in [0.29, 0.717) is 23.9 Å². The minimum Gasteiger partial charge on any atom is -0.297 e. The SMILES string of the molecule is CN(Cc1cc(=O)n2[nH]ccc2n1)Cc1c(Cl)nc2sccn12. The quantitative estimate of drug-likeness (QED) is 0.612. The van der Waals surface area contributed by atoms with Crippen LogP contribution in [0.1, 0.15) is 11.4 Å². The molecule has 4 aromatic rings. The van der Waals surface area contributed by atoms with Gasteiger partial charge >= 0.3 is 0 Å². The van der Waals surface area contributed by atoms with Crippen LogP contribution in [0.2, 0.25) is 5.15 Å². The molecule has 0 atom stereocenters. The molecule has 4 rings (SSSR count). The van der Waals surface area contributed by atoms with Crippen LogP contribution in [-0.2, 0) is 13.1 Å². The lowest BCUT2D eigenvalue weighted by Crippen LogP contribution is -2.22. The summed E-state index contributed by atoms with van der Waals surface area (Å²) in [7, 11) is 1.96. The molecule has 7 nitrogen and oxygen atoms in total. The maximum absolute atomic E-state index is 12.0. The summed E-state index contributed by atoms with van der Waals surface area (Å²) in [5, 5.41) is 5.32. The lowest BCUT2D eigenvalue weighted by atomic mass is 10.3. The number of H-pyrrole nitrogens is 1. The third-order valence-electron chi connectivity index (χ3n) is 3.60. The van der Waals surface area contributed by atoms with Crippen molar-refractivity contribution in [1.29, 1.82) is 0 Å². The first-order chi connectivity index (χ1) is 11.1. The number of nitrogens with one attached hydrogen (secondary N) is 1. The Labute approximate surface area is 139 Å². The Morgan fingerprint density at radius 1 is 1.39 bits per heavy atom. The molecule has 0 bridgehead atoms. The average Bonchev–Trinajstić information content (AvgIpc) is 3.18. The van der Waals surface area contributed by atoms with Crippen molar-refractivity contribution >= 4 is 33.5 Å². The fourth-order valence-corrected chi connectivity index (χ4v) is 3.61. The largest absolute Gasteiger partial charge is 0.297 e. The Kier molecular flexibility index (Phi) is 3.44. The van der Waals surface area contributed by atoms with Crippen molar-refractivity contribution in [3.8, 4) is 0 Å². The van der Waals surface area contributed by atoms with Gasteiger partial charge in [0.1, 0.15) is 0 Å². The van der Waals surface area contributed by atoms with Gasteiger partial charge < -0.3 is 0 Å². The predicted octanol–water partition coefficient (Wildman–Crippen LogP) is 2.02. The van der Waals surface area contributed by atoms with Gasteiger partial charge in [-0.25, -0.2) is 14.5 Å². The fraction of sp³-hybridized carbons (Fsp3) is 0.214. The number of nitrogens with zero attached hydrogens (tertiary/aromatic N) is 5. The minimum absolute atomic E-state index is 0.119. The van der Waals surface area contributed by atoms with Crippen molar-refractivity contribution in [2.45, 2.75) is 13.1 Å². The molecule has 23 heavy (non-hydrogen) atoms. The zero-order chi connectivity index (χ0) is 16.0. The number of fused-ring (bicyclic) bond motifs is 2. The van der Waals surface area contributed by atoms with Crippen LogP contribution in [0.3, 0.4) is 0 Å². The highest BCUT2D eigenvalue weighted by atomic mass is 35.5. The lowest BCUT2D eigenvalue weighted by Gasteiger charge is -2.15. The smallest absolute Gasteiger partial charge is 0.272 e. The summed E-state index contributed by atoms with van der Waals surface area (Å²) >= 11 is 7.77. The second-order valence-corrected chi connectivity index (χ2v) is 6.55. The summed E-state index contributed by atoms with van der Waals surface area (Å²) in [5.74, 6) is 0. The molecule has 0 fully saturated rings. The molecule has 0 saturated heterocycles. The molecule has 4 aromatic heterocycles. The summed E-state index contributed by atoms with van der Waals surface area (Å²) in [6.45, 7) is 1.16. The van der Waals surface area contributed by atoms with Gasteiger partial charge in [-0.2, -0.15) is 0 Å². The van der Waals surface area contributed by atoms with Crippen LogP contribution in [0.25, 0.3) is 10.6 Å². The van der Waals surface area contributed by atoms with Crippen molar-refractivity contribution in [2.24, 2.45) is 0 Å². The van der Waals surface area contributed by atoms with Gasteiger partial charge in [0.2, 0.25) is 0 Å². The van der Waals surface area contributed by atoms with Crippen LogP contribution in [0, 0.1) is 0 Å². The topological polar surface area (TPSA) is 70.7 Å². The molecule has 118 valence electrons. The van der Waals surface area contributed by atoms with Crippen LogP contribution in [-0.4, -0.2) is 35.9 Å². The van der Waals surface area contributed by atoms with E-state index in [1.807, 2.05) is 23.0 Å². The Bertz CT molecular complexity index is 1040. The Morgan fingerprint density at radius 3 is 3.13 bits per heavy atom. The second-order valence-electron chi connectivity index (χ2n) is 5.32. The first-order valence-electron chi connectivity index (χ1n) is 6.96. The van der Waals surface area contributed by atoms with Crippen LogP contribution in [0.15, 0.2) is 34.7 Å². The highest BCUT2D eigenvalue weighted by Gasteiger charge is 2.14. The molecule has 1 N–H and O–H groups in total. The van der Waals surface area contributed by atoms with E-state index in [2.05, 4.69) is 20.0 Å². The maximum Gasteiger partial charge on any atom is 0.272 e. The molecular weight excluding hydrogens is 336 g/mol. The number of hydrogen-bond acceptors (Lipinski definition) is 5. The monoisotopic (exact) mass is 348 g/mol. The molecule has 9 heteroatoms. The third-order valence-corrected chi connectivity index (χ3v) is 4.66. The van der Waals surface area contributed by atoms with Gasteiger partial charge in [0.05, 0.1) is 11.4 Å². The number of aromatic nitrogens is 5. The predicted molar refractivity (Wildman–Crippen MR) is 89.1 cm³/mol. The zero-order valence-corrected chi connectivity index (χ0v) is 13.8. The highest BCUT2D eigenvalue weighted by molar-refractivity contribution is 7.15. The molecule has 0 spiro atoms. The number of halogens is 1. The second kappa shape index (κ2) is 5.48. The van der Waals surface area contributed by atoms with Crippen molar-refractivity contribution in [3.05, 3.63) is 56.8 Å². The fourth-order valence-electron chi connectivity index (χ4n) is 2.59. The summed E-state index contributed by atoms with van der Waals surface area (Å²) in [6.07, 6.45) is 3.65. The molecule has 0 aliphatic carbocycles. The molecule has 0 saturated carbocycles. The van der Waals surface area contributed by atoms with E-state index >= 15 is 0 Å². The maximum atomic E-state index is 12.0. The van der Waals surface area contributed by atoms with E-state index < -0.39 is 0 Å². The molecule has 0 aromatic carbocycles. The van der Waals surface area contributed by atoms with E-state index in [0.717, 1.165) is 16.3 Å². The van der Waals surface area contributed by atoms with Gasteiger partial charge in [-0.3, -0.25) is 19.2 Å². The van der Waals surface area contributed by atoms with Gasteiger partial charge in [-0.05, 0) is 7.05 Å². The van der Waals surface area contributed by atoms with Crippen LogP contribution in [0.5, 0.6) is 0 Å². The molecule has 0 unspecified atom stereocenters. The standard InChI is InChI=1S/C14H13ClN6OS/c1-19(8-10-13(15)18-14-20(10)4-5-23-14)7-9-6-12(22)21-11(17-9)2-3-16-21/h2-6,16H,7-8H2,1H3.